The maximum absolute atomic E-state index is 13.9. The fraction of sp³-hybridized carbons (Fsp3) is 0.235. The Hall–Kier alpha value is -1.75. The number of nitrogens with one attached hydrogen (secondary N) is 1. The molecule has 0 radical (unpaired) electrons. The standard InChI is InChI=1S/C17H16BrF2NO/c1-17(2,13-5-3-4-6-15(13)20)10-21-16(22)12-9-11(18)7-8-14(12)19/h3-9H,10H2,1-2H3,(H,21,22). The summed E-state index contributed by atoms with van der Waals surface area (Å²) >= 11 is 3.21. The van der Waals surface area contributed by atoms with Crippen LogP contribution in [0.25, 0.3) is 0 Å². The molecule has 0 aliphatic carbocycles. The largest absolute Gasteiger partial charge is 0.351 e. The van der Waals surface area contributed by atoms with Gasteiger partial charge in [-0.1, -0.05) is 48.0 Å². The van der Waals surface area contributed by atoms with Gasteiger partial charge in [0, 0.05) is 16.4 Å². The minimum absolute atomic E-state index is 0.0429. The lowest BCUT2D eigenvalue weighted by Crippen LogP contribution is -2.37. The Bertz CT molecular complexity index is 701. The van der Waals surface area contributed by atoms with E-state index in [-0.39, 0.29) is 17.9 Å². The van der Waals surface area contributed by atoms with Crippen molar-refractivity contribution in [1.82, 2.24) is 5.32 Å². The van der Waals surface area contributed by atoms with Crippen molar-refractivity contribution in [3.8, 4) is 0 Å². The molecule has 0 saturated heterocycles. The van der Waals surface area contributed by atoms with Crippen molar-refractivity contribution in [3.05, 3.63) is 69.7 Å². The molecule has 0 unspecified atom stereocenters. The molecule has 2 nitrogen and oxygen atoms in total. The van der Waals surface area contributed by atoms with E-state index in [1.807, 2.05) is 13.8 Å². The van der Waals surface area contributed by atoms with E-state index >= 15 is 0 Å². The molecule has 2 aromatic rings. The molecule has 2 aromatic carbocycles. The van der Waals surface area contributed by atoms with Crippen LogP contribution in [-0.2, 0) is 5.41 Å². The molecule has 0 aliphatic rings. The van der Waals surface area contributed by atoms with Crippen LogP contribution in [0.1, 0.15) is 29.8 Å². The SMILES string of the molecule is CC(C)(CNC(=O)c1cc(Br)ccc1F)c1ccccc1F. The van der Waals surface area contributed by atoms with Crippen LogP contribution in [0, 0.1) is 11.6 Å². The van der Waals surface area contributed by atoms with Gasteiger partial charge in [0.15, 0.2) is 0 Å². The third-order valence-corrected chi connectivity index (χ3v) is 3.96. The number of carbonyl (C=O) groups excluding carboxylic acids is 1. The zero-order chi connectivity index (χ0) is 16.3. The first kappa shape index (κ1) is 16.6. The fourth-order valence-electron chi connectivity index (χ4n) is 2.17. The Labute approximate surface area is 136 Å². The lowest BCUT2D eigenvalue weighted by molar-refractivity contribution is 0.0941. The van der Waals surface area contributed by atoms with E-state index in [4.69, 9.17) is 0 Å². The zero-order valence-corrected chi connectivity index (χ0v) is 13.9. The normalized spacial score (nSPS) is 11.3. The highest BCUT2D eigenvalue weighted by Gasteiger charge is 2.25. The molecule has 0 spiro atoms. The minimum atomic E-state index is -0.608. The van der Waals surface area contributed by atoms with Crippen LogP contribution in [0.4, 0.5) is 8.78 Å². The zero-order valence-electron chi connectivity index (χ0n) is 12.3. The molecule has 1 N–H and O–H groups in total. The van der Waals surface area contributed by atoms with Crippen molar-refractivity contribution in [1.29, 1.82) is 0 Å². The molecule has 116 valence electrons. The maximum Gasteiger partial charge on any atom is 0.254 e. The summed E-state index contributed by atoms with van der Waals surface area (Å²) in [6.45, 7) is 3.84. The van der Waals surface area contributed by atoms with Crippen molar-refractivity contribution in [3.63, 3.8) is 0 Å². The first-order chi connectivity index (χ1) is 10.3. The van der Waals surface area contributed by atoms with Crippen molar-refractivity contribution in [2.24, 2.45) is 0 Å². The van der Waals surface area contributed by atoms with Crippen molar-refractivity contribution >= 4 is 21.8 Å². The van der Waals surface area contributed by atoms with E-state index in [1.54, 1.807) is 18.2 Å². The molecule has 22 heavy (non-hydrogen) atoms. The molecular weight excluding hydrogens is 352 g/mol. The minimum Gasteiger partial charge on any atom is -0.351 e. The van der Waals surface area contributed by atoms with Gasteiger partial charge < -0.3 is 5.32 Å². The van der Waals surface area contributed by atoms with Gasteiger partial charge in [0.05, 0.1) is 5.56 Å². The summed E-state index contributed by atoms with van der Waals surface area (Å²) in [6.07, 6.45) is 0. The number of hydrogen-bond donors (Lipinski definition) is 1. The van der Waals surface area contributed by atoms with Gasteiger partial charge in [0.2, 0.25) is 0 Å². The van der Waals surface area contributed by atoms with Crippen LogP contribution >= 0.6 is 15.9 Å². The van der Waals surface area contributed by atoms with E-state index in [0.717, 1.165) is 0 Å². The topological polar surface area (TPSA) is 29.1 Å². The monoisotopic (exact) mass is 367 g/mol. The van der Waals surface area contributed by atoms with Crippen LogP contribution in [0.15, 0.2) is 46.9 Å². The van der Waals surface area contributed by atoms with Crippen LogP contribution in [0.5, 0.6) is 0 Å². The molecule has 0 fully saturated rings. The molecule has 0 heterocycles. The number of carbonyl (C=O) groups is 1. The third kappa shape index (κ3) is 3.71. The summed E-state index contributed by atoms with van der Waals surface area (Å²) in [5.41, 5.74) is -0.146. The van der Waals surface area contributed by atoms with Crippen molar-refractivity contribution in [2.75, 3.05) is 6.54 Å². The van der Waals surface area contributed by atoms with E-state index in [9.17, 15) is 13.6 Å². The third-order valence-electron chi connectivity index (χ3n) is 3.47. The summed E-state index contributed by atoms with van der Waals surface area (Å²) in [5, 5.41) is 2.67. The maximum atomic E-state index is 13.9. The van der Waals surface area contributed by atoms with Crippen LogP contribution in [0.2, 0.25) is 0 Å². The van der Waals surface area contributed by atoms with E-state index < -0.39 is 17.1 Å². The van der Waals surface area contributed by atoms with Gasteiger partial charge in [-0.15, -0.1) is 0 Å². The average Bonchev–Trinajstić information content (AvgIpc) is 2.47. The molecule has 2 rings (SSSR count). The van der Waals surface area contributed by atoms with Gasteiger partial charge in [-0.25, -0.2) is 8.78 Å². The number of halogens is 3. The summed E-state index contributed by atoms with van der Waals surface area (Å²) in [4.78, 5) is 12.1. The second-order valence-corrected chi connectivity index (χ2v) is 6.59. The summed E-state index contributed by atoms with van der Waals surface area (Å²) in [5.74, 6) is -1.44. The predicted octanol–water partition coefficient (Wildman–Crippen LogP) is 4.43. The molecule has 0 atom stereocenters. The molecule has 0 bridgehead atoms. The molecule has 5 heteroatoms. The number of hydrogen-bond acceptors (Lipinski definition) is 1. The summed E-state index contributed by atoms with van der Waals surface area (Å²) in [7, 11) is 0. The first-order valence-electron chi connectivity index (χ1n) is 6.79. The van der Waals surface area contributed by atoms with Crippen molar-refractivity contribution in [2.45, 2.75) is 19.3 Å². The Morgan fingerprint density at radius 1 is 1.14 bits per heavy atom. The number of amides is 1. The average molecular weight is 368 g/mol. The highest BCUT2D eigenvalue weighted by atomic mass is 79.9. The van der Waals surface area contributed by atoms with Gasteiger partial charge in [0.1, 0.15) is 11.6 Å². The van der Waals surface area contributed by atoms with Crippen LogP contribution in [0.3, 0.4) is 0 Å². The van der Waals surface area contributed by atoms with Crippen LogP contribution < -0.4 is 5.32 Å². The summed E-state index contributed by atoms with van der Waals surface area (Å²) in [6, 6.07) is 10.6. The van der Waals surface area contributed by atoms with Crippen molar-refractivity contribution < 1.29 is 13.6 Å². The lowest BCUT2D eigenvalue weighted by atomic mass is 9.84. The molecular formula is C17H16BrF2NO. The number of benzene rings is 2. The van der Waals surface area contributed by atoms with Gasteiger partial charge in [-0.05, 0) is 29.8 Å². The smallest absolute Gasteiger partial charge is 0.254 e. The first-order valence-corrected chi connectivity index (χ1v) is 7.59. The van der Waals surface area contributed by atoms with Gasteiger partial charge >= 0.3 is 0 Å². The lowest BCUT2D eigenvalue weighted by Gasteiger charge is -2.26. The van der Waals surface area contributed by atoms with Gasteiger partial charge in [-0.2, -0.15) is 0 Å². The quantitative estimate of drug-likeness (QED) is 0.850. The fourth-order valence-corrected chi connectivity index (χ4v) is 2.53. The van der Waals surface area contributed by atoms with Gasteiger partial charge in [-0.3, -0.25) is 4.79 Å². The van der Waals surface area contributed by atoms with E-state index in [2.05, 4.69) is 21.2 Å². The second kappa shape index (κ2) is 6.57. The predicted molar refractivity (Wildman–Crippen MR) is 85.9 cm³/mol. The highest BCUT2D eigenvalue weighted by molar-refractivity contribution is 9.10. The molecule has 0 aliphatic heterocycles. The molecule has 0 saturated carbocycles. The Morgan fingerprint density at radius 3 is 2.50 bits per heavy atom. The summed E-state index contributed by atoms with van der Waals surface area (Å²) < 4.78 is 28.2. The Balaban J connectivity index is 2.13. The Kier molecular flexibility index (Phi) is 4.96. The molecule has 1 amide bonds. The Morgan fingerprint density at radius 2 is 1.82 bits per heavy atom. The van der Waals surface area contributed by atoms with Gasteiger partial charge in [0.25, 0.3) is 5.91 Å². The number of rotatable bonds is 4. The molecule has 0 aromatic heterocycles. The van der Waals surface area contributed by atoms with E-state index in [1.165, 1.54) is 24.3 Å². The van der Waals surface area contributed by atoms with Crippen LogP contribution in [-0.4, -0.2) is 12.5 Å². The highest BCUT2D eigenvalue weighted by Crippen LogP contribution is 2.25. The van der Waals surface area contributed by atoms with E-state index in [0.29, 0.717) is 10.0 Å². The second-order valence-electron chi connectivity index (χ2n) is 5.67.